The molecule has 1 aromatic carbocycles. The Bertz CT molecular complexity index is 348. The van der Waals surface area contributed by atoms with Crippen LogP contribution in [0.25, 0.3) is 0 Å². The maximum atomic E-state index is 5.50. The highest BCUT2D eigenvalue weighted by Crippen LogP contribution is 2.47. The van der Waals surface area contributed by atoms with Crippen molar-refractivity contribution in [3.05, 3.63) is 23.8 Å². The summed E-state index contributed by atoms with van der Waals surface area (Å²) in [6, 6.07) is 5.83. The van der Waals surface area contributed by atoms with Gasteiger partial charge in [-0.25, -0.2) is 0 Å². The van der Waals surface area contributed by atoms with E-state index in [-0.39, 0.29) is 12.2 Å². The van der Waals surface area contributed by atoms with Crippen molar-refractivity contribution < 1.29 is 14.2 Å². The minimum atomic E-state index is 0.249. The molecule has 0 spiro atoms. The van der Waals surface area contributed by atoms with Crippen LogP contribution in [0, 0.1) is 0 Å². The fraction of sp³-hybridized carbons (Fsp3) is 0.400. The molecule has 0 radical (unpaired) electrons. The SMILES string of the molecule is COc1ccc2c(c1)[C@H]1O[C@@H]1CO2. The lowest BCUT2D eigenvalue weighted by Crippen LogP contribution is -2.11. The molecular formula is C10H10O3. The van der Waals surface area contributed by atoms with Crippen LogP contribution in [0.15, 0.2) is 18.2 Å². The minimum absolute atomic E-state index is 0.249. The van der Waals surface area contributed by atoms with Gasteiger partial charge in [0.1, 0.15) is 30.3 Å². The van der Waals surface area contributed by atoms with Crippen LogP contribution < -0.4 is 9.47 Å². The Morgan fingerprint density at radius 1 is 1.46 bits per heavy atom. The molecule has 0 N–H and O–H groups in total. The van der Waals surface area contributed by atoms with E-state index in [1.165, 1.54) is 0 Å². The summed E-state index contributed by atoms with van der Waals surface area (Å²) in [5.74, 6) is 1.79. The second-order valence-electron chi connectivity index (χ2n) is 3.31. The summed E-state index contributed by atoms with van der Waals surface area (Å²) in [6.45, 7) is 0.685. The van der Waals surface area contributed by atoms with Gasteiger partial charge in [-0.2, -0.15) is 0 Å². The summed E-state index contributed by atoms with van der Waals surface area (Å²) in [4.78, 5) is 0. The van der Waals surface area contributed by atoms with Gasteiger partial charge in [0.05, 0.1) is 7.11 Å². The van der Waals surface area contributed by atoms with Crippen molar-refractivity contribution in [2.24, 2.45) is 0 Å². The number of methoxy groups -OCH3 is 1. The number of hydrogen-bond donors (Lipinski definition) is 0. The third kappa shape index (κ3) is 1.00. The molecule has 3 rings (SSSR count). The van der Waals surface area contributed by atoms with Gasteiger partial charge in [-0.3, -0.25) is 0 Å². The monoisotopic (exact) mass is 178 g/mol. The topological polar surface area (TPSA) is 31.0 Å². The summed E-state index contributed by atoms with van der Waals surface area (Å²) >= 11 is 0. The molecule has 0 aromatic heterocycles. The lowest BCUT2D eigenvalue weighted by atomic mass is 10.1. The van der Waals surface area contributed by atoms with Gasteiger partial charge in [0.25, 0.3) is 0 Å². The second kappa shape index (κ2) is 2.39. The normalized spacial score (nSPS) is 28.4. The van der Waals surface area contributed by atoms with Crippen LogP contribution in [0.1, 0.15) is 11.7 Å². The maximum Gasteiger partial charge on any atom is 0.125 e. The minimum Gasteiger partial charge on any atom is -0.497 e. The number of hydrogen-bond acceptors (Lipinski definition) is 3. The van der Waals surface area contributed by atoms with Gasteiger partial charge in [0.2, 0.25) is 0 Å². The Kier molecular flexibility index (Phi) is 1.32. The van der Waals surface area contributed by atoms with Crippen LogP contribution in [-0.2, 0) is 4.74 Å². The predicted molar refractivity (Wildman–Crippen MR) is 46.1 cm³/mol. The number of rotatable bonds is 1. The van der Waals surface area contributed by atoms with E-state index in [4.69, 9.17) is 14.2 Å². The zero-order chi connectivity index (χ0) is 8.84. The van der Waals surface area contributed by atoms with Gasteiger partial charge in [0.15, 0.2) is 0 Å². The number of fused-ring (bicyclic) bond motifs is 3. The first-order valence-electron chi connectivity index (χ1n) is 4.34. The molecule has 1 saturated heterocycles. The van der Waals surface area contributed by atoms with Crippen molar-refractivity contribution in [3.63, 3.8) is 0 Å². The van der Waals surface area contributed by atoms with Crippen molar-refractivity contribution in [2.45, 2.75) is 12.2 Å². The highest BCUT2D eigenvalue weighted by atomic mass is 16.6. The molecule has 68 valence electrons. The molecule has 3 heteroatoms. The van der Waals surface area contributed by atoms with Crippen molar-refractivity contribution in [3.8, 4) is 11.5 Å². The molecule has 3 nitrogen and oxygen atoms in total. The lowest BCUT2D eigenvalue weighted by molar-refractivity contribution is 0.267. The van der Waals surface area contributed by atoms with Crippen LogP contribution in [-0.4, -0.2) is 19.8 Å². The van der Waals surface area contributed by atoms with Gasteiger partial charge in [-0.1, -0.05) is 0 Å². The first-order chi connectivity index (χ1) is 6.38. The molecule has 0 bridgehead atoms. The van der Waals surface area contributed by atoms with E-state index in [0.717, 1.165) is 17.1 Å². The fourth-order valence-electron chi connectivity index (χ4n) is 1.72. The van der Waals surface area contributed by atoms with Gasteiger partial charge in [-0.15, -0.1) is 0 Å². The van der Waals surface area contributed by atoms with Crippen molar-refractivity contribution in [1.82, 2.24) is 0 Å². The van der Waals surface area contributed by atoms with E-state index in [1.54, 1.807) is 7.11 Å². The molecule has 2 aliphatic rings. The summed E-state index contributed by atoms with van der Waals surface area (Å²) < 4.78 is 16.1. The van der Waals surface area contributed by atoms with Crippen molar-refractivity contribution in [2.75, 3.05) is 13.7 Å². The van der Waals surface area contributed by atoms with Gasteiger partial charge >= 0.3 is 0 Å². The number of epoxide rings is 1. The molecule has 1 fully saturated rings. The quantitative estimate of drug-likeness (QED) is 0.611. The summed E-state index contributed by atoms with van der Waals surface area (Å²) in [7, 11) is 1.66. The molecule has 0 aliphatic carbocycles. The summed E-state index contributed by atoms with van der Waals surface area (Å²) in [5.41, 5.74) is 1.12. The Morgan fingerprint density at radius 3 is 3.23 bits per heavy atom. The van der Waals surface area contributed by atoms with Crippen LogP contribution in [0.5, 0.6) is 11.5 Å². The van der Waals surface area contributed by atoms with Crippen molar-refractivity contribution >= 4 is 0 Å². The zero-order valence-electron chi connectivity index (χ0n) is 7.32. The fourth-order valence-corrected chi connectivity index (χ4v) is 1.72. The van der Waals surface area contributed by atoms with Crippen LogP contribution in [0.4, 0.5) is 0 Å². The highest BCUT2D eigenvalue weighted by Gasteiger charge is 2.45. The molecule has 0 amide bonds. The Morgan fingerprint density at radius 2 is 2.38 bits per heavy atom. The molecule has 13 heavy (non-hydrogen) atoms. The molecule has 1 aromatic rings. The summed E-state index contributed by atoms with van der Waals surface area (Å²) in [6.07, 6.45) is 0.526. The molecule has 2 atom stereocenters. The van der Waals surface area contributed by atoms with E-state index in [9.17, 15) is 0 Å². The molecule has 2 aliphatic heterocycles. The first-order valence-corrected chi connectivity index (χ1v) is 4.34. The standard InChI is InChI=1S/C10H10O3/c1-11-6-2-3-8-7(4-6)10-9(13-10)5-12-8/h2-4,9-10H,5H2,1H3/t9-,10-/m1/s1. The van der Waals surface area contributed by atoms with Crippen LogP contribution in [0.3, 0.4) is 0 Å². The highest BCUT2D eigenvalue weighted by molar-refractivity contribution is 5.45. The molecule has 2 heterocycles. The lowest BCUT2D eigenvalue weighted by Gasteiger charge is -2.14. The average molecular weight is 178 g/mol. The van der Waals surface area contributed by atoms with E-state index in [0.29, 0.717) is 6.61 Å². The first kappa shape index (κ1) is 7.21. The van der Waals surface area contributed by atoms with Gasteiger partial charge in [-0.05, 0) is 18.2 Å². The Balaban J connectivity index is 2.06. The molecule has 0 unspecified atom stereocenters. The van der Waals surface area contributed by atoms with Crippen LogP contribution >= 0.6 is 0 Å². The summed E-state index contributed by atoms with van der Waals surface area (Å²) in [5, 5.41) is 0. The van der Waals surface area contributed by atoms with E-state index in [2.05, 4.69) is 0 Å². The molecular weight excluding hydrogens is 168 g/mol. The smallest absolute Gasteiger partial charge is 0.125 e. The predicted octanol–water partition coefficient (Wildman–Crippen LogP) is 1.53. The van der Waals surface area contributed by atoms with E-state index >= 15 is 0 Å². The van der Waals surface area contributed by atoms with Gasteiger partial charge in [0, 0.05) is 5.56 Å². The van der Waals surface area contributed by atoms with Gasteiger partial charge < -0.3 is 14.2 Å². The van der Waals surface area contributed by atoms with E-state index in [1.807, 2.05) is 18.2 Å². The maximum absolute atomic E-state index is 5.50. The molecule has 0 saturated carbocycles. The third-order valence-electron chi connectivity index (χ3n) is 2.51. The van der Waals surface area contributed by atoms with Crippen LogP contribution in [0.2, 0.25) is 0 Å². The van der Waals surface area contributed by atoms with Crippen molar-refractivity contribution in [1.29, 1.82) is 0 Å². The third-order valence-corrected chi connectivity index (χ3v) is 2.51. The Hall–Kier alpha value is -1.22. The largest absolute Gasteiger partial charge is 0.497 e. The number of ether oxygens (including phenoxy) is 3. The Labute approximate surface area is 76.2 Å². The second-order valence-corrected chi connectivity index (χ2v) is 3.31. The number of benzene rings is 1. The average Bonchev–Trinajstić information content (AvgIpc) is 2.96. The van der Waals surface area contributed by atoms with E-state index < -0.39 is 0 Å². The zero-order valence-corrected chi connectivity index (χ0v) is 7.32.